The first-order valence-corrected chi connectivity index (χ1v) is 9.76. The molecule has 0 unspecified atom stereocenters. The molecule has 0 saturated heterocycles. The lowest BCUT2D eigenvalue weighted by molar-refractivity contribution is -0.121. The second kappa shape index (κ2) is 9.08. The molecule has 0 radical (unpaired) electrons. The lowest BCUT2D eigenvalue weighted by atomic mass is 10.0. The summed E-state index contributed by atoms with van der Waals surface area (Å²) >= 11 is 11.1. The van der Waals surface area contributed by atoms with Crippen molar-refractivity contribution in [2.24, 2.45) is 0 Å². The van der Waals surface area contributed by atoms with Crippen LogP contribution < -0.4 is 16.2 Å². The molecule has 0 atom stereocenters. The molecule has 3 aromatic rings. The van der Waals surface area contributed by atoms with Crippen LogP contribution in [0.1, 0.15) is 22.3 Å². The molecule has 5 nitrogen and oxygen atoms in total. The molecule has 1 aromatic heterocycles. The summed E-state index contributed by atoms with van der Waals surface area (Å²) < 4.78 is 5.64. The van der Waals surface area contributed by atoms with Crippen molar-refractivity contribution >= 4 is 45.8 Å². The van der Waals surface area contributed by atoms with E-state index in [0.717, 1.165) is 39.6 Å². The number of fused-ring (bicyclic) bond motifs is 1. The van der Waals surface area contributed by atoms with Gasteiger partial charge in [-0.25, -0.2) is 0 Å². The van der Waals surface area contributed by atoms with Crippen LogP contribution in [0.25, 0.3) is 11.0 Å². The highest BCUT2D eigenvalue weighted by Crippen LogP contribution is 2.26. The Morgan fingerprint density at radius 3 is 2.61 bits per heavy atom. The SMILES string of the molecule is Cc1ccc2c(CC(=O)NNC(=S)NCCc3ccc(Cl)cc3)coc2c1C. The third-order valence-corrected chi connectivity index (χ3v) is 5.12. The number of nitrogens with one attached hydrogen (secondary N) is 3. The van der Waals surface area contributed by atoms with Gasteiger partial charge in [-0.15, -0.1) is 0 Å². The van der Waals surface area contributed by atoms with Gasteiger partial charge < -0.3 is 9.73 Å². The van der Waals surface area contributed by atoms with Gasteiger partial charge in [-0.2, -0.15) is 0 Å². The third-order valence-electron chi connectivity index (χ3n) is 4.62. The minimum Gasteiger partial charge on any atom is -0.464 e. The summed E-state index contributed by atoms with van der Waals surface area (Å²) in [7, 11) is 0. The molecular weight excluding hydrogens is 394 g/mol. The second-order valence-electron chi connectivity index (χ2n) is 6.63. The molecule has 146 valence electrons. The molecule has 1 amide bonds. The van der Waals surface area contributed by atoms with Gasteiger partial charge >= 0.3 is 0 Å². The number of halogens is 1. The van der Waals surface area contributed by atoms with Crippen molar-refractivity contribution in [2.45, 2.75) is 26.7 Å². The fourth-order valence-electron chi connectivity index (χ4n) is 2.88. The number of hydrazine groups is 1. The summed E-state index contributed by atoms with van der Waals surface area (Å²) in [5, 5.41) is 5.10. The number of carbonyl (C=O) groups is 1. The van der Waals surface area contributed by atoms with Crippen LogP contribution in [-0.2, 0) is 17.6 Å². The zero-order valence-electron chi connectivity index (χ0n) is 15.8. The topological polar surface area (TPSA) is 66.3 Å². The summed E-state index contributed by atoms with van der Waals surface area (Å²) in [5.74, 6) is -0.192. The molecule has 28 heavy (non-hydrogen) atoms. The van der Waals surface area contributed by atoms with Crippen molar-refractivity contribution in [3.63, 3.8) is 0 Å². The first-order valence-electron chi connectivity index (χ1n) is 8.97. The van der Waals surface area contributed by atoms with Crippen LogP contribution in [0, 0.1) is 13.8 Å². The predicted molar refractivity (Wildman–Crippen MR) is 116 cm³/mol. The Kier molecular flexibility index (Phi) is 6.54. The van der Waals surface area contributed by atoms with E-state index in [1.807, 2.05) is 50.2 Å². The normalized spacial score (nSPS) is 10.7. The number of furan rings is 1. The van der Waals surface area contributed by atoms with Gasteiger partial charge in [0.15, 0.2) is 5.11 Å². The maximum Gasteiger partial charge on any atom is 0.242 e. The average Bonchev–Trinajstić information content (AvgIpc) is 3.08. The fourth-order valence-corrected chi connectivity index (χ4v) is 3.16. The molecule has 0 aliphatic rings. The minimum atomic E-state index is -0.192. The highest BCUT2D eigenvalue weighted by atomic mass is 35.5. The number of hydrogen-bond acceptors (Lipinski definition) is 3. The Hall–Kier alpha value is -2.57. The summed E-state index contributed by atoms with van der Waals surface area (Å²) in [6.45, 7) is 4.70. The minimum absolute atomic E-state index is 0.192. The van der Waals surface area contributed by atoms with E-state index in [0.29, 0.717) is 16.7 Å². The van der Waals surface area contributed by atoms with Crippen molar-refractivity contribution in [1.82, 2.24) is 16.2 Å². The molecule has 2 aromatic carbocycles. The van der Waals surface area contributed by atoms with Crippen LogP contribution in [0.4, 0.5) is 0 Å². The van der Waals surface area contributed by atoms with Crippen LogP contribution in [0.5, 0.6) is 0 Å². The van der Waals surface area contributed by atoms with Crippen LogP contribution in [0.3, 0.4) is 0 Å². The van der Waals surface area contributed by atoms with E-state index in [9.17, 15) is 4.79 Å². The molecule has 0 spiro atoms. The van der Waals surface area contributed by atoms with E-state index in [2.05, 4.69) is 16.2 Å². The number of rotatable bonds is 5. The van der Waals surface area contributed by atoms with Gasteiger partial charge in [0, 0.05) is 22.5 Å². The predicted octanol–water partition coefficient (Wildman–Crippen LogP) is 3.98. The van der Waals surface area contributed by atoms with Crippen molar-refractivity contribution in [1.29, 1.82) is 0 Å². The summed E-state index contributed by atoms with van der Waals surface area (Å²) in [5.41, 5.74) is 10.4. The average molecular weight is 416 g/mol. The first kappa shape index (κ1) is 20.2. The van der Waals surface area contributed by atoms with Gasteiger partial charge in [-0.3, -0.25) is 15.6 Å². The highest BCUT2D eigenvalue weighted by molar-refractivity contribution is 7.80. The maximum absolute atomic E-state index is 12.2. The van der Waals surface area contributed by atoms with Crippen LogP contribution in [0.2, 0.25) is 5.02 Å². The van der Waals surface area contributed by atoms with Gasteiger partial charge in [0.1, 0.15) is 5.58 Å². The Bertz CT molecular complexity index is 999. The Morgan fingerprint density at radius 1 is 1.11 bits per heavy atom. The maximum atomic E-state index is 12.2. The second-order valence-corrected chi connectivity index (χ2v) is 7.47. The van der Waals surface area contributed by atoms with E-state index >= 15 is 0 Å². The number of aryl methyl sites for hydroxylation is 2. The molecule has 3 N–H and O–H groups in total. The molecular formula is C21H22ClN3O2S. The van der Waals surface area contributed by atoms with Gasteiger partial charge in [0.05, 0.1) is 12.7 Å². The van der Waals surface area contributed by atoms with Crippen molar-refractivity contribution in [3.8, 4) is 0 Å². The molecule has 0 aliphatic heterocycles. The van der Waals surface area contributed by atoms with Crippen LogP contribution in [0.15, 0.2) is 47.1 Å². The zero-order chi connectivity index (χ0) is 20.1. The van der Waals surface area contributed by atoms with E-state index in [-0.39, 0.29) is 12.3 Å². The van der Waals surface area contributed by atoms with E-state index in [1.165, 1.54) is 0 Å². The van der Waals surface area contributed by atoms with Crippen molar-refractivity contribution < 1.29 is 9.21 Å². The Labute approximate surface area is 174 Å². The van der Waals surface area contributed by atoms with Gasteiger partial charge in [-0.05, 0) is 61.3 Å². The van der Waals surface area contributed by atoms with Crippen molar-refractivity contribution in [3.05, 3.63) is 69.9 Å². The summed E-state index contributed by atoms with van der Waals surface area (Å²) in [6.07, 6.45) is 2.64. The molecule has 3 rings (SSSR count). The van der Waals surface area contributed by atoms with Crippen molar-refractivity contribution in [2.75, 3.05) is 6.54 Å². The smallest absolute Gasteiger partial charge is 0.242 e. The van der Waals surface area contributed by atoms with Crippen LogP contribution >= 0.6 is 23.8 Å². The van der Waals surface area contributed by atoms with Gasteiger partial charge in [-0.1, -0.05) is 35.9 Å². The fraction of sp³-hybridized carbons (Fsp3) is 0.238. The number of benzene rings is 2. The molecule has 1 heterocycles. The van der Waals surface area contributed by atoms with Crippen LogP contribution in [-0.4, -0.2) is 17.6 Å². The molecule has 0 fully saturated rings. The summed E-state index contributed by atoms with van der Waals surface area (Å²) in [4.78, 5) is 12.2. The third kappa shape index (κ3) is 5.03. The molecule has 0 saturated carbocycles. The van der Waals surface area contributed by atoms with E-state index in [4.69, 9.17) is 28.2 Å². The highest BCUT2D eigenvalue weighted by Gasteiger charge is 2.13. The van der Waals surface area contributed by atoms with Gasteiger partial charge in [0.2, 0.25) is 5.91 Å². The number of amides is 1. The zero-order valence-corrected chi connectivity index (χ0v) is 17.3. The van der Waals surface area contributed by atoms with E-state index in [1.54, 1.807) is 6.26 Å². The lowest BCUT2D eigenvalue weighted by Gasteiger charge is -2.11. The lowest BCUT2D eigenvalue weighted by Crippen LogP contribution is -2.47. The quantitative estimate of drug-likeness (QED) is 0.434. The molecule has 7 heteroatoms. The van der Waals surface area contributed by atoms with Gasteiger partial charge in [0.25, 0.3) is 0 Å². The Morgan fingerprint density at radius 2 is 1.86 bits per heavy atom. The summed E-state index contributed by atoms with van der Waals surface area (Å²) in [6, 6.07) is 11.7. The standard InChI is InChI=1S/C21H22ClN3O2S/c1-13-3-8-18-16(12-27-20(18)14(13)2)11-19(26)24-25-21(28)23-10-9-15-4-6-17(22)7-5-15/h3-8,12H,9-11H2,1-2H3,(H,24,26)(H2,23,25,28). The number of carbonyl (C=O) groups excluding carboxylic acids is 1. The molecule has 0 bridgehead atoms. The van der Waals surface area contributed by atoms with E-state index < -0.39 is 0 Å². The number of thiocarbonyl (C=S) groups is 1. The largest absolute Gasteiger partial charge is 0.464 e. The number of hydrogen-bond donors (Lipinski definition) is 3. The first-order chi connectivity index (χ1) is 13.4. The molecule has 0 aliphatic carbocycles. The monoisotopic (exact) mass is 415 g/mol. The Balaban J connectivity index is 1.44.